The van der Waals surface area contributed by atoms with Gasteiger partial charge in [0.2, 0.25) is 0 Å². The van der Waals surface area contributed by atoms with Crippen molar-refractivity contribution >= 4 is 9.24 Å². The summed E-state index contributed by atoms with van der Waals surface area (Å²) in [6.45, 7) is 4.71. The zero-order chi connectivity index (χ0) is 6.15. The van der Waals surface area contributed by atoms with E-state index in [9.17, 15) is 0 Å². The van der Waals surface area contributed by atoms with Gasteiger partial charge in [-0.25, -0.2) is 0 Å². The fraction of sp³-hybridized carbons (Fsp3) is 1.00. The highest BCUT2D eigenvalue weighted by Gasteiger charge is 2.25. The van der Waals surface area contributed by atoms with Gasteiger partial charge in [-0.2, -0.15) is 0 Å². The van der Waals surface area contributed by atoms with E-state index in [1.54, 1.807) is 0 Å². The van der Waals surface area contributed by atoms with Crippen LogP contribution >= 0.6 is 9.24 Å². The molecule has 8 heavy (non-hydrogen) atoms. The van der Waals surface area contributed by atoms with Crippen LogP contribution in [0.1, 0.15) is 26.7 Å². The minimum absolute atomic E-state index is 0.907. The van der Waals surface area contributed by atoms with Crippen LogP contribution < -0.4 is 0 Å². The summed E-state index contributed by atoms with van der Waals surface area (Å²) in [6.07, 6.45) is 2.86. The normalized spacial score (nSPS) is 47.6. The Hall–Kier alpha value is 0.430. The number of hydrogen-bond acceptors (Lipinski definition) is 0. The van der Waals surface area contributed by atoms with Crippen LogP contribution in [0, 0.1) is 11.8 Å². The van der Waals surface area contributed by atoms with Gasteiger partial charge in [0.1, 0.15) is 0 Å². The highest BCUT2D eigenvalue weighted by molar-refractivity contribution is 7.17. The molecule has 0 radical (unpaired) electrons. The van der Waals surface area contributed by atoms with E-state index in [-0.39, 0.29) is 0 Å². The molecule has 1 aliphatic carbocycles. The predicted octanol–water partition coefficient (Wildman–Crippen LogP) is 2.30. The molecular formula is C7H15P. The van der Waals surface area contributed by atoms with Gasteiger partial charge >= 0.3 is 0 Å². The fourth-order valence-corrected chi connectivity index (χ4v) is 1.97. The maximum atomic E-state index is 2.94. The largest absolute Gasteiger partial charge is 0.134 e. The van der Waals surface area contributed by atoms with Gasteiger partial charge in [-0.3, -0.25) is 0 Å². The molecule has 0 aromatic carbocycles. The highest BCUT2D eigenvalue weighted by atomic mass is 31.0. The van der Waals surface area contributed by atoms with Crippen LogP contribution in [0.15, 0.2) is 0 Å². The zero-order valence-electron chi connectivity index (χ0n) is 5.72. The number of rotatable bonds is 0. The van der Waals surface area contributed by atoms with Crippen molar-refractivity contribution in [3.05, 3.63) is 0 Å². The summed E-state index contributed by atoms with van der Waals surface area (Å²) in [4.78, 5) is 0. The van der Waals surface area contributed by atoms with Crippen molar-refractivity contribution in [3.8, 4) is 0 Å². The molecule has 0 aliphatic heterocycles. The van der Waals surface area contributed by atoms with Crippen LogP contribution in [0.4, 0.5) is 0 Å². The molecule has 0 nitrogen and oxygen atoms in total. The monoisotopic (exact) mass is 130 g/mol. The van der Waals surface area contributed by atoms with E-state index in [1.165, 1.54) is 12.8 Å². The predicted molar refractivity (Wildman–Crippen MR) is 41.1 cm³/mol. The van der Waals surface area contributed by atoms with Gasteiger partial charge in [0.25, 0.3) is 0 Å². The third-order valence-corrected chi connectivity index (χ3v) is 3.47. The molecule has 1 aliphatic rings. The van der Waals surface area contributed by atoms with Crippen LogP contribution in [-0.4, -0.2) is 5.66 Å². The molecule has 1 heteroatoms. The smallest absolute Gasteiger partial charge is 0.0236 e. The highest BCUT2D eigenvalue weighted by Crippen LogP contribution is 2.35. The fourth-order valence-electron chi connectivity index (χ4n) is 1.40. The molecule has 0 aromatic rings. The van der Waals surface area contributed by atoms with E-state index >= 15 is 0 Å². The molecular weight excluding hydrogens is 115 g/mol. The van der Waals surface area contributed by atoms with Gasteiger partial charge in [0.05, 0.1) is 0 Å². The van der Waals surface area contributed by atoms with E-state index in [4.69, 9.17) is 0 Å². The van der Waals surface area contributed by atoms with E-state index in [1.807, 2.05) is 0 Å². The lowest BCUT2D eigenvalue weighted by atomic mass is 10.0. The first-order chi connectivity index (χ1) is 3.72. The van der Waals surface area contributed by atoms with Gasteiger partial charge in [-0.05, 0) is 30.3 Å². The van der Waals surface area contributed by atoms with Crippen molar-refractivity contribution in [2.24, 2.45) is 11.8 Å². The molecule has 0 N–H and O–H groups in total. The van der Waals surface area contributed by atoms with E-state index in [0.717, 1.165) is 17.5 Å². The Bertz CT molecular complexity index is 70.5. The Morgan fingerprint density at radius 2 is 1.88 bits per heavy atom. The molecule has 0 amide bonds. The van der Waals surface area contributed by atoms with Crippen molar-refractivity contribution in [1.82, 2.24) is 0 Å². The molecule has 48 valence electrons. The van der Waals surface area contributed by atoms with Crippen molar-refractivity contribution in [1.29, 1.82) is 0 Å². The lowest BCUT2D eigenvalue weighted by Crippen LogP contribution is -2.06. The lowest BCUT2D eigenvalue weighted by molar-refractivity contribution is 0.463. The molecule has 1 saturated carbocycles. The standard InChI is InChI=1S/C7H15P/c1-5-3-4-7(8)6(5)2/h5-7H,3-4,8H2,1-2H3. The maximum absolute atomic E-state index is 2.94. The van der Waals surface area contributed by atoms with Gasteiger partial charge in [0, 0.05) is 0 Å². The third kappa shape index (κ3) is 1.05. The Labute approximate surface area is 54.3 Å². The van der Waals surface area contributed by atoms with Crippen LogP contribution in [0.5, 0.6) is 0 Å². The van der Waals surface area contributed by atoms with E-state index in [2.05, 4.69) is 23.1 Å². The van der Waals surface area contributed by atoms with Crippen LogP contribution in [0.25, 0.3) is 0 Å². The van der Waals surface area contributed by atoms with E-state index in [0.29, 0.717) is 0 Å². The Balaban J connectivity index is 2.44. The maximum Gasteiger partial charge on any atom is -0.0236 e. The Kier molecular flexibility index (Phi) is 1.92. The van der Waals surface area contributed by atoms with Crippen molar-refractivity contribution < 1.29 is 0 Å². The minimum atomic E-state index is 0.907. The quantitative estimate of drug-likeness (QED) is 0.441. The summed E-state index contributed by atoms with van der Waals surface area (Å²) >= 11 is 0. The second-order valence-corrected chi connectivity index (χ2v) is 3.93. The Morgan fingerprint density at radius 1 is 1.25 bits per heavy atom. The second kappa shape index (κ2) is 2.35. The summed E-state index contributed by atoms with van der Waals surface area (Å²) in [7, 11) is 2.94. The average molecular weight is 130 g/mol. The van der Waals surface area contributed by atoms with Crippen molar-refractivity contribution in [2.75, 3.05) is 0 Å². The average Bonchev–Trinajstić information content (AvgIpc) is 1.98. The molecule has 0 bridgehead atoms. The van der Waals surface area contributed by atoms with Gasteiger partial charge in [-0.1, -0.05) is 13.8 Å². The van der Waals surface area contributed by atoms with Crippen molar-refractivity contribution in [2.45, 2.75) is 32.3 Å². The minimum Gasteiger partial charge on any atom is -0.134 e. The zero-order valence-corrected chi connectivity index (χ0v) is 6.88. The lowest BCUT2D eigenvalue weighted by Gasteiger charge is -2.11. The molecule has 0 aromatic heterocycles. The molecule has 4 atom stereocenters. The summed E-state index contributed by atoms with van der Waals surface area (Å²) in [5, 5.41) is 0. The topological polar surface area (TPSA) is 0 Å². The van der Waals surface area contributed by atoms with E-state index < -0.39 is 0 Å². The third-order valence-electron chi connectivity index (χ3n) is 2.53. The first-order valence-corrected chi connectivity index (χ1v) is 4.14. The molecule has 0 saturated heterocycles. The van der Waals surface area contributed by atoms with Gasteiger partial charge in [0.15, 0.2) is 0 Å². The van der Waals surface area contributed by atoms with Crippen molar-refractivity contribution in [3.63, 3.8) is 0 Å². The van der Waals surface area contributed by atoms with Crippen LogP contribution in [0.3, 0.4) is 0 Å². The molecule has 0 heterocycles. The molecule has 4 unspecified atom stereocenters. The summed E-state index contributed by atoms with van der Waals surface area (Å²) in [5.74, 6) is 1.91. The van der Waals surface area contributed by atoms with Gasteiger partial charge in [-0.15, -0.1) is 9.24 Å². The second-order valence-electron chi connectivity index (χ2n) is 3.08. The number of hydrogen-bond donors (Lipinski definition) is 0. The first kappa shape index (κ1) is 6.55. The summed E-state index contributed by atoms with van der Waals surface area (Å²) in [5.41, 5.74) is 0.907. The molecule has 0 spiro atoms. The summed E-state index contributed by atoms with van der Waals surface area (Å²) in [6, 6.07) is 0. The Morgan fingerprint density at radius 3 is 2.00 bits per heavy atom. The summed E-state index contributed by atoms with van der Waals surface area (Å²) < 4.78 is 0. The molecule has 1 rings (SSSR count). The van der Waals surface area contributed by atoms with Gasteiger partial charge < -0.3 is 0 Å². The van der Waals surface area contributed by atoms with Crippen LogP contribution in [-0.2, 0) is 0 Å². The first-order valence-electron chi connectivity index (χ1n) is 3.47. The van der Waals surface area contributed by atoms with Crippen LogP contribution in [0.2, 0.25) is 0 Å². The SMILES string of the molecule is CC1CCC(P)C1C. The molecule has 1 fully saturated rings.